The summed E-state index contributed by atoms with van der Waals surface area (Å²) in [5.74, 6) is 6.59. The van der Waals surface area contributed by atoms with Crippen molar-refractivity contribution in [3.05, 3.63) is 29.3 Å². The standard InChI is InChI=1S/C15H24N2O3/c1-18-8-9-19-11-14(17-16)4-2-12-3-5-15-13(10-12)6-7-20-15/h3,5,10,14,17H,2,4,6-9,11,16H2,1H3. The maximum Gasteiger partial charge on any atom is 0.122 e. The zero-order valence-corrected chi connectivity index (χ0v) is 12.1. The molecule has 0 radical (unpaired) electrons. The molecule has 112 valence electrons. The molecule has 5 heteroatoms. The zero-order chi connectivity index (χ0) is 14.2. The average Bonchev–Trinajstić information content (AvgIpc) is 2.94. The van der Waals surface area contributed by atoms with E-state index in [1.165, 1.54) is 11.1 Å². The SMILES string of the molecule is COCCOCC(CCc1ccc2c(c1)CCO2)NN. The highest BCUT2D eigenvalue weighted by molar-refractivity contribution is 5.39. The Morgan fingerprint density at radius 1 is 1.40 bits per heavy atom. The molecule has 2 rings (SSSR count). The van der Waals surface area contributed by atoms with E-state index in [0.717, 1.165) is 31.6 Å². The van der Waals surface area contributed by atoms with Crippen molar-refractivity contribution in [3.8, 4) is 5.75 Å². The quantitative estimate of drug-likeness (QED) is 0.402. The molecule has 1 aromatic rings. The second kappa shape index (κ2) is 8.21. The molecule has 0 fully saturated rings. The highest BCUT2D eigenvalue weighted by Gasteiger charge is 2.13. The van der Waals surface area contributed by atoms with E-state index in [9.17, 15) is 0 Å². The van der Waals surface area contributed by atoms with E-state index in [1.807, 2.05) is 0 Å². The molecular formula is C15H24N2O3. The number of hydrogen-bond acceptors (Lipinski definition) is 5. The summed E-state index contributed by atoms with van der Waals surface area (Å²) in [6.07, 6.45) is 2.95. The monoisotopic (exact) mass is 280 g/mol. The van der Waals surface area contributed by atoms with Gasteiger partial charge in [-0.3, -0.25) is 11.3 Å². The van der Waals surface area contributed by atoms with Crippen LogP contribution in [0.2, 0.25) is 0 Å². The van der Waals surface area contributed by atoms with Gasteiger partial charge in [-0.2, -0.15) is 0 Å². The van der Waals surface area contributed by atoms with Crippen LogP contribution in [0.15, 0.2) is 18.2 Å². The van der Waals surface area contributed by atoms with E-state index in [2.05, 4.69) is 23.6 Å². The topological polar surface area (TPSA) is 65.7 Å². The number of nitrogens with two attached hydrogens (primary N) is 1. The number of ether oxygens (including phenoxy) is 3. The van der Waals surface area contributed by atoms with Crippen LogP contribution in [0, 0.1) is 0 Å². The average molecular weight is 280 g/mol. The fourth-order valence-electron chi connectivity index (χ4n) is 2.32. The van der Waals surface area contributed by atoms with Crippen LogP contribution < -0.4 is 16.0 Å². The minimum absolute atomic E-state index is 0.163. The summed E-state index contributed by atoms with van der Waals surface area (Å²) >= 11 is 0. The molecule has 0 bridgehead atoms. The first kappa shape index (κ1) is 15.3. The van der Waals surface area contributed by atoms with Gasteiger partial charge in [0, 0.05) is 19.6 Å². The number of fused-ring (bicyclic) bond motifs is 1. The Morgan fingerprint density at radius 3 is 3.10 bits per heavy atom. The van der Waals surface area contributed by atoms with Crippen LogP contribution in [0.5, 0.6) is 5.75 Å². The smallest absolute Gasteiger partial charge is 0.122 e. The van der Waals surface area contributed by atoms with Crippen LogP contribution in [-0.4, -0.2) is 39.6 Å². The van der Waals surface area contributed by atoms with Gasteiger partial charge in [-0.25, -0.2) is 0 Å². The Bertz CT molecular complexity index is 412. The van der Waals surface area contributed by atoms with E-state index in [-0.39, 0.29) is 6.04 Å². The number of nitrogens with one attached hydrogen (secondary N) is 1. The van der Waals surface area contributed by atoms with Crippen LogP contribution in [0.1, 0.15) is 17.5 Å². The van der Waals surface area contributed by atoms with Crippen molar-refractivity contribution in [3.63, 3.8) is 0 Å². The molecule has 1 unspecified atom stereocenters. The van der Waals surface area contributed by atoms with Crippen molar-refractivity contribution >= 4 is 0 Å². The number of methoxy groups -OCH3 is 1. The van der Waals surface area contributed by atoms with E-state index in [0.29, 0.717) is 19.8 Å². The zero-order valence-electron chi connectivity index (χ0n) is 12.1. The summed E-state index contributed by atoms with van der Waals surface area (Å²) in [6, 6.07) is 6.60. The molecule has 0 saturated heterocycles. The van der Waals surface area contributed by atoms with Gasteiger partial charge in [-0.05, 0) is 30.0 Å². The Balaban J connectivity index is 1.75. The molecule has 5 nitrogen and oxygen atoms in total. The molecule has 0 aromatic heterocycles. The maximum atomic E-state index is 5.56. The van der Waals surface area contributed by atoms with E-state index in [4.69, 9.17) is 20.1 Å². The van der Waals surface area contributed by atoms with Crippen LogP contribution in [0.4, 0.5) is 0 Å². The third kappa shape index (κ3) is 4.45. The van der Waals surface area contributed by atoms with E-state index in [1.54, 1.807) is 7.11 Å². The fraction of sp³-hybridized carbons (Fsp3) is 0.600. The number of rotatable bonds is 9. The van der Waals surface area contributed by atoms with Gasteiger partial charge < -0.3 is 14.2 Å². The molecule has 1 heterocycles. The molecule has 0 aliphatic carbocycles. The van der Waals surface area contributed by atoms with Gasteiger partial charge in [-0.1, -0.05) is 12.1 Å². The van der Waals surface area contributed by atoms with Crippen molar-refractivity contribution in [2.75, 3.05) is 33.5 Å². The summed E-state index contributed by atoms with van der Waals surface area (Å²) in [5.41, 5.74) is 5.45. The summed E-state index contributed by atoms with van der Waals surface area (Å²) in [5, 5.41) is 0. The summed E-state index contributed by atoms with van der Waals surface area (Å²) in [4.78, 5) is 0. The predicted molar refractivity (Wildman–Crippen MR) is 77.8 cm³/mol. The Kier molecular flexibility index (Phi) is 6.26. The van der Waals surface area contributed by atoms with E-state index >= 15 is 0 Å². The Labute approximate surface area is 120 Å². The number of aryl methyl sites for hydroxylation is 1. The lowest BCUT2D eigenvalue weighted by Crippen LogP contribution is -2.39. The van der Waals surface area contributed by atoms with Gasteiger partial charge in [0.1, 0.15) is 5.75 Å². The first-order valence-electron chi connectivity index (χ1n) is 7.11. The third-order valence-electron chi connectivity index (χ3n) is 3.52. The number of hydrogen-bond donors (Lipinski definition) is 2. The van der Waals surface area contributed by atoms with Crippen LogP contribution in [0.3, 0.4) is 0 Å². The first-order chi connectivity index (χ1) is 9.83. The first-order valence-corrected chi connectivity index (χ1v) is 7.11. The molecule has 1 aliphatic heterocycles. The lowest BCUT2D eigenvalue weighted by atomic mass is 10.0. The molecule has 20 heavy (non-hydrogen) atoms. The number of hydrazine groups is 1. The summed E-state index contributed by atoms with van der Waals surface area (Å²) in [6.45, 7) is 2.62. The van der Waals surface area contributed by atoms with Gasteiger partial charge in [-0.15, -0.1) is 0 Å². The molecule has 0 saturated carbocycles. The van der Waals surface area contributed by atoms with Crippen molar-refractivity contribution < 1.29 is 14.2 Å². The van der Waals surface area contributed by atoms with Crippen LogP contribution in [-0.2, 0) is 22.3 Å². The fourth-order valence-corrected chi connectivity index (χ4v) is 2.32. The molecule has 1 aliphatic rings. The van der Waals surface area contributed by atoms with Gasteiger partial charge in [0.15, 0.2) is 0 Å². The minimum atomic E-state index is 0.163. The molecule has 3 N–H and O–H groups in total. The highest BCUT2D eigenvalue weighted by Crippen LogP contribution is 2.26. The summed E-state index contributed by atoms with van der Waals surface area (Å²) < 4.78 is 16.0. The Hall–Kier alpha value is -1.14. The summed E-state index contributed by atoms with van der Waals surface area (Å²) in [7, 11) is 1.67. The van der Waals surface area contributed by atoms with Crippen LogP contribution in [0.25, 0.3) is 0 Å². The molecule has 1 aromatic carbocycles. The predicted octanol–water partition coefficient (Wildman–Crippen LogP) is 1.05. The van der Waals surface area contributed by atoms with Crippen molar-refractivity contribution in [1.29, 1.82) is 0 Å². The second-order valence-corrected chi connectivity index (χ2v) is 5.01. The molecule has 0 spiro atoms. The van der Waals surface area contributed by atoms with Crippen LogP contribution >= 0.6 is 0 Å². The maximum absolute atomic E-state index is 5.56. The highest BCUT2D eigenvalue weighted by atomic mass is 16.5. The van der Waals surface area contributed by atoms with Gasteiger partial charge in [0.25, 0.3) is 0 Å². The lowest BCUT2D eigenvalue weighted by molar-refractivity contribution is 0.0575. The normalized spacial score (nSPS) is 14.9. The van der Waals surface area contributed by atoms with Gasteiger partial charge >= 0.3 is 0 Å². The van der Waals surface area contributed by atoms with E-state index < -0.39 is 0 Å². The van der Waals surface area contributed by atoms with Crippen molar-refractivity contribution in [2.24, 2.45) is 5.84 Å². The minimum Gasteiger partial charge on any atom is -0.493 e. The van der Waals surface area contributed by atoms with Crippen molar-refractivity contribution in [2.45, 2.75) is 25.3 Å². The molecule has 1 atom stereocenters. The van der Waals surface area contributed by atoms with Crippen molar-refractivity contribution in [1.82, 2.24) is 5.43 Å². The second-order valence-electron chi connectivity index (χ2n) is 5.01. The third-order valence-corrected chi connectivity index (χ3v) is 3.52. The lowest BCUT2D eigenvalue weighted by Gasteiger charge is -2.16. The van der Waals surface area contributed by atoms with Gasteiger partial charge in [0.2, 0.25) is 0 Å². The molecule has 0 amide bonds. The molecular weight excluding hydrogens is 256 g/mol. The number of benzene rings is 1. The van der Waals surface area contributed by atoms with Gasteiger partial charge in [0.05, 0.1) is 26.4 Å². The Morgan fingerprint density at radius 2 is 2.30 bits per heavy atom. The largest absolute Gasteiger partial charge is 0.493 e.